The summed E-state index contributed by atoms with van der Waals surface area (Å²) in [5, 5.41) is 11.1. The van der Waals surface area contributed by atoms with Crippen LogP contribution in [-0.2, 0) is 29.0 Å². The van der Waals surface area contributed by atoms with Crippen molar-refractivity contribution in [3.63, 3.8) is 0 Å². The van der Waals surface area contributed by atoms with Gasteiger partial charge in [-0.05, 0) is 55.0 Å². The molecule has 0 unspecified atom stereocenters. The van der Waals surface area contributed by atoms with Gasteiger partial charge in [0.2, 0.25) is 5.78 Å². The van der Waals surface area contributed by atoms with E-state index in [2.05, 4.69) is 4.98 Å². The van der Waals surface area contributed by atoms with Crippen LogP contribution in [0, 0.1) is 0 Å². The van der Waals surface area contributed by atoms with E-state index in [1.54, 1.807) is 65.6 Å². The van der Waals surface area contributed by atoms with Crippen LogP contribution in [0.3, 0.4) is 0 Å². The van der Waals surface area contributed by atoms with E-state index in [0.29, 0.717) is 33.5 Å². The molecule has 4 aromatic rings. The number of halogens is 1. The Bertz CT molecular complexity index is 1510. The lowest BCUT2D eigenvalue weighted by atomic mass is 9.98. The number of aliphatic carboxylic acids is 1. The molecule has 0 atom stereocenters. The maximum Gasteiger partial charge on any atom is 0.410 e. The third-order valence-corrected chi connectivity index (χ3v) is 6.21. The van der Waals surface area contributed by atoms with Gasteiger partial charge in [0.25, 0.3) is 0 Å². The lowest BCUT2D eigenvalue weighted by Gasteiger charge is -2.27. The van der Waals surface area contributed by atoms with Crippen LogP contribution < -0.4 is 0 Å². The molecule has 1 amide bonds. The number of carbonyl (C=O) groups is 3. The minimum Gasteiger partial charge on any atom is -0.481 e. The van der Waals surface area contributed by atoms with E-state index in [1.165, 1.54) is 6.20 Å². The van der Waals surface area contributed by atoms with Crippen LogP contribution in [-0.4, -0.2) is 38.4 Å². The number of nitrogens with zero attached hydrogens (tertiary/aromatic N) is 2. The maximum atomic E-state index is 13.4. The van der Waals surface area contributed by atoms with E-state index in [9.17, 15) is 19.5 Å². The molecular formula is C31H29ClN2O5. The minimum atomic E-state index is -0.965. The van der Waals surface area contributed by atoms with Crippen molar-refractivity contribution in [2.45, 2.75) is 45.9 Å². The van der Waals surface area contributed by atoms with Gasteiger partial charge in [0, 0.05) is 35.3 Å². The predicted octanol–water partition coefficient (Wildman–Crippen LogP) is 6.68. The van der Waals surface area contributed by atoms with Gasteiger partial charge in [-0.2, -0.15) is 0 Å². The normalized spacial score (nSPS) is 11.3. The molecule has 4 rings (SSSR count). The van der Waals surface area contributed by atoms with E-state index < -0.39 is 17.7 Å². The molecule has 0 saturated carbocycles. The molecule has 0 aliphatic carbocycles. The summed E-state index contributed by atoms with van der Waals surface area (Å²) in [6.07, 6.45) is 0.823. The SMILES string of the molecule is CC(C)(C)OC(=O)N(Cc1ccc(Cl)cc1)Cc1ccc(C(=O)c2ncc(CC(=O)O)c3ccccc23)cc1. The summed E-state index contributed by atoms with van der Waals surface area (Å²) in [5.41, 5.74) is 2.31. The van der Waals surface area contributed by atoms with Gasteiger partial charge in [-0.25, -0.2) is 4.79 Å². The quantitative estimate of drug-likeness (QED) is 0.248. The highest BCUT2D eigenvalue weighted by molar-refractivity contribution is 6.30. The Labute approximate surface area is 232 Å². The van der Waals surface area contributed by atoms with Crippen molar-refractivity contribution in [2.24, 2.45) is 0 Å². The number of ether oxygens (including phenoxy) is 1. The zero-order chi connectivity index (χ0) is 28.2. The molecular weight excluding hydrogens is 516 g/mol. The fourth-order valence-corrected chi connectivity index (χ4v) is 4.30. The molecule has 0 bridgehead atoms. The highest BCUT2D eigenvalue weighted by Crippen LogP contribution is 2.24. The molecule has 1 heterocycles. The molecule has 0 aliphatic rings. The Morgan fingerprint density at radius 3 is 2.00 bits per heavy atom. The number of rotatable bonds is 8. The first-order valence-electron chi connectivity index (χ1n) is 12.4. The van der Waals surface area contributed by atoms with Crippen LogP contribution >= 0.6 is 11.6 Å². The topological polar surface area (TPSA) is 96.8 Å². The summed E-state index contributed by atoms with van der Waals surface area (Å²) >= 11 is 6.01. The second kappa shape index (κ2) is 11.7. The number of aromatic nitrogens is 1. The van der Waals surface area contributed by atoms with Gasteiger partial charge in [0.1, 0.15) is 11.3 Å². The van der Waals surface area contributed by atoms with E-state index in [1.807, 2.05) is 32.9 Å². The number of carboxylic acids is 1. The molecule has 8 heteroatoms. The molecule has 200 valence electrons. The maximum absolute atomic E-state index is 13.4. The van der Waals surface area contributed by atoms with Crippen LogP contribution in [0.15, 0.2) is 79.0 Å². The number of amides is 1. The van der Waals surface area contributed by atoms with Crippen molar-refractivity contribution >= 4 is 40.2 Å². The van der Waals surface area contributed by atoms with Gasteiger partial charge in [-0.1, -0.05) is 72.3 Å². The summed E-state index contributed by atoms with van der Waals surface area (Å²) in [7, 11) is 0. The van der Waals surface area contributed by atoms with Crippen molar-refractivity contribution in [3.05, 3.63) is 112 Å². The predicted molar refractivity (Wildman–Crippen MR) is 150 cm³/mol. The Morgan fingerprint density at radius 2 is 1.44 bits per heavy atom. The van der Waals surface area contributed by atoms with Crippen molar-refractivity contribution in [1.29, 1.82) is 0 Å². The third kappa shape index (κ3) is 7.21. The Hall–Kier alpha value is -4.23. The summed E-state index contributed by atoms with van der Waals surface area (Å²) in [4.78, 5) is 43.6. The fraction of sp³-hybridized carbons (Fsp3) is 0.226. The van der Waals surface area contributed by atoms with Gasteiger partial charge in [-0.3, -0.25) is 19.5 Å². The molecule has 0 spiro atoms. The standard InChI is InChI=1S/C31H29ClN2O5/c1-31(2,3)39-30(38)34(19-21-10-14-24(32)15-11-21)18-20-8-12-22(13-9-20)29(37)28-26-7-5-4-6-25(26)23(17-33-28)16-27(35)36/h4-15,17H,16,18-19H2,1-3H3,(H,35,36). The Balaban J connectivity index is 1.57. The highest BCUT2D eigenvalue weighted by Gasteiger charge is 2.23. The molecule has 7 nitrogen and oxygen atoms in total. The number of carboxylic acid groups (broad SMARTS) is 1. The van der Waals surface area contributed by atoms with Gasteiger partial charge < -0.3 is 9.84 Å². The molecule has 1 N–H and O–H groups in total. The zero-order valence-electron chi connectivity index (χ0n) is 22.0. The van der Waals surface area contributed by atoms with Crippen molar-refractivity contribution < 1.29 is 24.2 Å². The molecule has 1 aromatic heterocycles. The first kappa shape index (κ1) is 27.8. The Kier molecular flexibility index (Phi) is 8.31. The number of carbonyl (C=O) groups excluding carboxylic acids is 2. The highest BCUT2D eigenvalue weighted by atomic mass is 35.5. The summed E-state index contributed by atoms with van der Waals surface area (Å²) < 4.78 is 5.62. The minimum absolute atomic E-state index is 0.180. The van der Waals surface area contributed by atoms with Crippen molar-refractivity contribution in [2.75, 3.05) is 0 Å². The first-order chi connectivity index (χ1) is 18.5. The van der Waals surface area contributed by atoms with E-state index in [0.717, 1.165) is 11.1 Å². The van der Waals surface area contributed by atoms with Crippen LogP contribution in [0.5, 0.6) is 0 Å². The Morgan fingerprint density at radius 1 is 0.872 bits per heavy atom. The lowest BCUT2D eigenvalue weighted by molar-refractivity contribution is -0.136. The average Bonchev–Trinajstić information content (AvgIpc) is 2.88. The molecule has 0 aliphatic heterocycles. The largest absolute Gasteiger partial charge is 0.481 e. The van der Waals surface area contributed by atoms with Gasteiger partial charge in [0.05, 0.1) is 6.42 Å². The average molecular weight is 545 g/mol. The lowest BCUT2D eigenvalue weighted by Crippen LogP contribution is -2.36. The van der Waals surface area contributed by atoms with Crippen LogP contribution in [0.1, 0.15) is 53.5 Å². The smallest absolute Gasteiger partial charge is 0.410 e. The van der Waals surface area contributed by atoms with Crippen LogP contribution in [0.4, 0.5) is 4.79 Å². The molecule has 0 radical (unpaired) electrons. The number of pyridine rings is 1. The molecule has 0 saturated heterocycles. The summed E-state index contributed by atoms with van der Waals surface area (Å²) in [6.45, 7) is 6.05. The second-order valence-electron chi connectivity index (χ2n) is 10.2. The second-order valence-corrected chi connectivity index (χ2v) is 10.7. The molecule has 0 fully saturated rings. The van der Waals surface area contributed by atoms with Gasteiger partial charge in [0.15, 0.2) is 0 Å². The fourth-order valence-electron chi connectivity index (χ4n) is 4.18. The van der Waals surface area contributed by atoms with Crippen molar-refractivity contribution in [1.82, 2.24) is 9.88 Å². The van der Waals surface area contributed by atoms with Crippen LogP contribution in [0.25, 0.3) is 10.8 Å². The number of benzene rings is 3. The third-order valence-electron chi connectivity index (χ3n) is 5.96. The van der Waals surface area contributed by atoms with Crippen LogP contribution in [0.2, 0.25) is 5.02 Å². The van der Waals surface area contributed by atoms with Gasteiger partial charge >= 0.3 is 12.1 Å². The number of fused-ring (bicyclic) bond motifs is 1. The zero-order valence-corrected chi connectivity index (χ0v) is 22.7. The summed E-state index contributed by atoms with van der Waals surface area (Å²) in [6, 6.07) is 21.4. The molecule has 3 aromatic carbocycles. The van der Waals surface area contributed by atoms with E-state index in [4.69, 9.17) is 16.3 Å². The van der Waals surface area contributed by atoms with E-state index >= 15 is 0 Å². The number of ketones is 1. The number of hydrogen-bond acceptors (Lipinski definition) is 5. The van der Waals surface area contributed by atoms with Crippen molar-refractivity contribution in [3.8, 4) is 0 Å². The molecule has 39 heavy (non-hydrogen) atoms. The monoisotopic (exact) mass is 544 g/mol. The number of hydrogen-bond donors (Lipinski definition) is 1. The summed E-state index contributed by atoms with van der Waals surface area (Å²) in [5.74, 6) is -1.24. The van der Waals surface area contributed by atoms with Gasteiger partial charge in [-0.15, -0.1) is 0 Å². The van der Waals surface area contributed by atoms with E-state index in [-0.39, 0.29) is 24.4 Å². The first-order valence-corrected chi connectivity index (χ1v) is 12.8.